The molecule has 0 saturated heterocycles. The lowest BCUT2D eigenvalue weighted by Gasteiger charge is -2.18. The van der Waals surface area contributed by atoms with Gasteiger partial charge in [-0.25, -0.2) is 9.55 Å². The highest BCUT2D eigenvalue weighted by molar-refractivity contribution is 7.53. The van der Waals surface area contributed by atoms with Crippen molar-refractivity contribution < 1.29 is 23.5 Å². The molecule has 1 unspecified atom stereocenters. The number of nitrogens with one attached hydrogen (secondary N) is 1. The third-order valence-electron chi connectivity index (χ3n) is 6.28. The second-order valence-corrected chi connectivity index (χ2v) is 11.6. The van der Waals surface area contributed by atoms with Gasteiger partial charge >= 0.3 is 7.60 Å². The predicted octanol–water partition coefficient (Wildman–Crippen LogP) is 2.96. The SMILES string of the molecule is CCCCCCCCNC(=O)[C@@H](N)Cc1ccc(OP(=O)(O)CO[C@H](C)Cn2cnc3c(N)nc(N)nc32)cc1. The Kier molecular flexibility index (Phi) is 11.7. The van der Waals surface area contributed by atoms with E-state index in [0.29, 0.717) is 24.1 Å². The summed E-state index contributed by atoms with van der Waals surface area (Å²) in [5.41, 5.74) is 19.2. The quantitative estimate of drug-likeness (QED) is 0.117. The molecular weight excluding hydrogens is 535 g/mol. The summed E-state index contributed by atoms with van der Waals surface area (Å²) in [7, 11) is -4.11. The number of aromatic nitrogens is 4. The van der Waals surface area contributed by atoms with E-state index in [0.717, 1.165) is 18.4 Å². The third-order valence-corrected chi connectivity index (χ3v) is 7.25. The van der Waals surface area contributed by atoms with Crippen LogP contribution in [0.25, 0.3) is 11.2 Å². The minimum atomic E-state index is -4.11. The molecule has 0 aliphatic carbocycles. The largest absolute Gasteiger partial charge is 0.423 e. The highest BCUT2D eigenvalue weighted by Gasteiger charge is 2.24. The van der Waals surface area contributed by atoms with Crippen LogP contribution in [-0.2, 0) is 27.1 Å². The highest BCUT2D eigenvalue weighted by Crippen LogP contribution is 2.42. The molecule has 8 N–H and O–H groups in total. The molecule has 0 aliphatic rings. The lowest BCUT2D eigenvalue weighted by atomic mass is 10.1. The number of fused-ring (bicyclic) bond motifs is 1. The number of unbranched alkanes of at least 4 members (excludes halogenated alkanes) is 5. The number of imidazole rings is 1. The number of ether oxygens (including phenoxy) is 1. The van der Waals surface area contributed by atoms with Crippen molar-refractivity contribution in [3.63, 3.8) is 0 Å². The molecule has 13 nitrogen and oxygen atoms in total. The Bertz CT molecular complexity index is 1290. The third kappa shape index (κ3) is 9.74. The predicted molar refractivity (Wildman–Crippen MR) is 155 cm³/mol. The number of hydrogen-bond acceptors (Lipinski definition) is 10. The lowest BCUT2D eigenvalue weighted by molar-refractivity contribution is -0.122. The molecule has 0 bridgehead atoms. The summed E-state index contributed by atoms with van der Waals surface area (Å²) in [6.45, 7) is 4.83. The van der Waals surface area contributed by atoms with Gasteiger partial charge in [0.15, 0.2) is 17.8 Å². The van der Waals surface area contributed by atoms with E-state index in [2.05, 4.69) is 27.2 Å². The van der Waals surface area contributed by atoms with Crippen LogP contribution >= 0.6 is 7.60 Å². The van der Waals surface area contributed by atoms with Crippen molar-refractivity contribution in [3.05, 3.63) is 36.2 Å². The highest BCUT2D eigenvalue weighted by atomic mass is 31.2. The molecule has 3 rings (SSSR count). The van der Waals surface area contributed by atoms with Crippen molar-refractivity contribution in [1.82, 2.24) is 24.8 Å². The number of hydrogen-bond donors (Lipinski definition) is 5. The van der Waals surface area contributed by atoms with Crippen LogP contribution in [0.4, 0.5) is 11.8 Å². The van der Waals surface area contributed by atoms with Crippen molar-refractivity contribution in [2.24, 2.45) is 5.73 Å². The molecule has 0 saturated carbocycles. The van der Waals surface area contributed by atoms with Crippen molar-refractivity contribution in [1.29, 1.82) is 0 Å². The molecule has 3 aromatic rings. The molecular formula is C26H41N8O5P. The number of nitrogen functional groups attached to an aromatic ring is 2. The number of rotatable bonds is 17. The zero-order chi connectivity index (χ0) is 29.1. The molecule has 1 amide bonds. The Morgan fingerprint density at radius 2 is 1.82 bits per heavy atom. The van der Waals surface area contributed by atoms with E-state index in [1.54, 1.807) is 35.8 Å². The molecule has 0 spiro atoms. The second-order valence-electron chi connectivity index (χ2n) is 9.88. The Labute approximate surface area is 234 Å². The zero-order valence-corrected chi connectivity index (χ0v) is 24.1. The summed E-state index contributed by atoms with van der Waals surface area (Å²) in [6, 6.07) is 5.87. The Morgan fingerprint density at radius 1 is 1.12 bits per heavy atom. The van der Waals surface area contributed by atoms with E-state index < -0.39 is 26.1 Å². The minimum Gasteiger partial charge on any atom is -0.423 e. The van der Waals surface area contributed by atoms with Gasteiger partial charge in [-0.2, -0.15) is 9.97 Å². The molecule has 220 valence electrons. The van der Waals surface area contributed by atoms with Gasteiger partial charge in [-0.1, -0.05) is 51.2 Å². The number of carbonyl (C=O) groups excluding carboxylic acids is 1. The molecule has 3 atom stereocenters. The first kappa shape index (κ1) is 31.3. The van der Waals surface area contributed by atoms with Crippen molar-refractivity contribution in [2.45, 2.75) is 77.5 Å². The molecule has 0 fully saturated rings. The summed E-state index contributed by atoms with van der Waals surface area (Å²) in [5, 5.41) is 2.89. The van der Waals surface area contributed by atoms with E-state index >= 15 is 0 Å². The first-order valence-electron chi connectivity index (χ1n) is 13.6. The maximum atomic E-state index is 12.6. The average molecular weight is 577 g/mol. The molecule has 2 aromatic heterocycles. The van der Waals surface area contributed by atoms with Gasteiger partial charge in [0.05, 0.1) is 25.0 Å². The summed E-state index contributed by atoms with van der Waals surface area (Å²) in [6.07, 6.45) is 7.77. The number of carbonyl (C=O) groups is 1. The van der Waals surface area contributed by atoms with E-state index in [1.807, 2.05) is 0 Å². The summed E-state index contributed by atoms with van der Waals surface area (Å²) in [4.78, 5) is 34.8. The lowest BCUT2D eigenvalue weighted by Crippen LogP contribution is -2.42. The molecule has 2 heterocycles. The van der Waals surface area contributed by atoms with Crippen LogP contribution in [0.15, 0.2) is 30.6 Å². The van der Waals surface area contributed by atoms with E-state index in [4.69, 9.17) is 26.5 Å². The fourth-order valence-corrected chi connectivity index (χ4v) is 5.09. The van der Waals surface area contributed by atoms with Gasteiger partial charge < -0.3 is 41.2 Å². The van der Waals surface area contributed by atoms with Crippen molar-refractivity contribution >= 4 is 36.4 Å². The second kappa shape index (κ2) is 14.9. The Hall–Kier alpha value is -3.25. The van der Waals surface area contributed by atoms with Gasteiger partial charge in [0.2, 0.25) is 11.9 Å². The first-order valence-corrected chi connectivity index (χ1v) is 15.3. The van der Waals surface area contributed by atoms with Gasteiger partial charge in [0.1, 0.15) is 11.3 Å². The first-order chi connectivity index (χ1) is 19.1. The minimum absolute atomic E-state index is 0.0216. The maximum absolute atomic E-state index is 12.6. The van der Waals surface area contributed by atoms with Crippen molar-refractivity contribution in [2.75, 3.05) is 24.4 Å². The number of nitrogens with two attached hydrogens (primary N) is 3. The Morgan fingerprint density at radius 3 is 2.55 bits per heavy atom. The molecule has 40 heavy (non-hydrogen) atoms. The van der Waals surface area contributed by atoms with Crippen LogP contribution in [0.5, 0.6) is 5.75 Å². The van der Waals surface area contributed by atoms with Crippen molar-refractivity contribution in [3.8, 4) is 5.75 Å². The van der Waals surface area contributed by atoms with Crippen LogP contribution in [0.3, 0.4) is 0 Å². The maximum Gasteiger partial charge on any atom is 0.402 e. The molecule has 1 aromatic carbocycles. The molecule has 0 aliphatic heterocycles. The normalized spacial score (nSPS) is 14.5. The fraction of sp³-hybridized carbons (Fsp3) is 0.538. The smallest absolute Gasteiger partial charge is 0.402 e. The number of nitrogens with zero attached hydrogens (tertiary/aromatic N) is 4. The van der Waals surface area contributed by atoms with Crippen LogP contribution in [0.2, 0.25) is 0 Å². The summed E-state index contributed by atoms with van der Waals surface area (Å²) >= 11 is 0. The van der Waals surface area contributed by atoms with Gasteiger partial charge in [-0.05, 0) is 37.5 Å². The zero-order valence-electron chi connectivity index (χ0n) is 23.2. The fourth-order valence-electron chi connectivity index (χ4n) is 4.14. The van der Waals surface area contributed by atoms with Crippen LogP contribution < -0.4 is 27.0 Å². The van der Waals surface area contributed by atoms with E-state index in [1.165, 1.54) is 32.0 Å². The van der Waals surface area contributed by atoms with Gasteiger partial charge in [-0.15, -0.1) is 0 Å². The van der Waals surface area contributed by atoms with E-state index in [9.17, 15) is 14.3 Å². The van der Waals surface area contributed by atoms with Gasteiger partial charge in [0, 0.05) is 6.54 Å². The summed E-state index contributed by atoms with van der Waals surface area (Å²) < 4.78 is 25.2. The van der Waals surface area contributed by atoms with Crippen LogP contribution in [0, 0.1) is 0 Å². The Balaban J connectivity index is 1.41. The number of anilines is 2. The standard InChI is InChI=1S/C26H41N8O5P/c1-3-4-5-6-7-8-13-30-25(35)21(27)14-19-9-11-20(12-10-19)39-40(36,37)17-38-18(2)15-34-16-31-22-23(28)32-26(29)33-24(22)34/h9-12,16,18,21H,3-8,13-15,17,27H2,1-2H3,(H,30,35)(H,36,37)(H4,28,29,32,33)/t18-,21+/m1/s1. The van der Waals surface area contributed by atoms with Gasteiger partial charge in [0.25, 0.3) is 0 Å². The monoisotopic (exact) mass is 576 g/mol. The average Bonchev–Trinajstić information content (AvgIpc) is 3.30. The topological polar surface area (TPSA) is 207 Å². The van der Waals surface area contributed by atoms with Gasteiger partial charge in [-0.3, -0.25) is 4.79 Å². The van der Waals surface area contributed by atoms with Crippen LogP contribution in [-0.4, -0.2) is 55.4 Å². The molecule has 14 heteroatoms. The van der Waals surface area contributed by atoms with Crippen LogP contribution in [0.1, 0.15) is 57.9 Å². The number of benzene rings is 1. The summed E-state index contributed by atoms with van der Waals surface area (Å²) in [5.74, 6) is 0.203. The molecule has 0 radical (unpaired) electrons. The van der Waals surface area contributed by atoms with E-state index in [-0.39, 0.29) is 30.0 Å². The number of amides is 1.